The lowest BCUT2D eigenvalue weighted by molar-refractivity contribution is 0.0696. The quantitative estimate of drug-likeness (QED) is 0.689. The minimum absolute atomic E-state index is 0.0185. The number of sulfonamides is 1. The van der Waals surface area contributed by atoms with Crippen molar-refractivity contribution in [1.82, 2.24) is 4.72 Å². The Labute approximate surface area is 112 Å². The summed E-state index contributed by atoms with van der Waals surface area (Å²) < 4.78 is 26.0. The smallest absolute Gasteiger partial charge is 0.335 e. The van der Waals surface area contributed by atoms with Crippen molar-refractivity contribution in [1.29, 1.82) is 0 Å². The van der Waals surface area contributed by atoms with E-state index in [2.05, 4.69) is 4.72 Å². The minimum Gasteiger partial charge on any atom is -0.478 e. The first-order chi connectivity index (χ1) is 8.86. The fourth-order valence-electron chi connectivity index (χ4n) is 1.50. The Balaban J connectivity index is 2.74. The second-order valence-corrected chi connectivity index (χ2v) is 5.89. The molecule has 0 aliphatic heterocycles. The van der Waals surface area contributed by atoms with Crippen molar-refractivity contribution in [3.8, 4) is 0 Å². The molecule has 0 aliphatic rings. The molecule has 1 unspecified atom stereocenters. The largest absolute Gasteiger partial charge is 0.478 e. The van der Waals surface area contributed by atoms with Crippen LogP contribution >= 0.6 is 0 Å². The Morgan fingerprint density at radius 3 is 2.37 bits per heavy atom. The fraction of sp³-hybridized carbons (Fsp3) is 0.417. The minimum atomic E-state index is -3.72. The van der Waals surface area contributed by atoms with Crippen LogP contribution in [0.2, 0.25) is 0 Å². The maximum Gasteiger partial charge on any atom is 0.335 e. The van der Waals surface area contributed by atoms with E-state index in [1.807, 2.05) is 6.92 Å². The van der Waals surface area contributed by atoms with Crippen LogP contribution in [-0.2, 0) is 10.0 Å². The summed E-state index contributed by atoms with van der Waals surface area (Å²) in [7, 11) is -3.72. The molecule has 0 saturated carbocycles. The normalized spacial score (nSPS) is 13.2. The van der Waals surface area contributed by atoms with Crippen molar-refractivity contribution >= 4 is 16.0 Å². The molecule has 19 heavy (non-hydrogen) atoms. The van der Waals surface area contributed by atoms with Crippen LogP contribution in [0.1, 0.15) is 30.1 Å². The van der Waals surface area contributed by atoms with Gasteiger partial charge in [-0.05, 0) is 30.7 Å². The molecule has 0 spiro atoms. The summed E-state index contributed by atoms with van der Waals surface area (Å²) in [5.74, 6) is -1.12. The third-order valence-electron chi connectivity index (χ3n) is 2.54. The second-order valence-electron chi connectivity index (χ2n) is 4.12. The van der Waals surface area contributed by atoms with Gasteiger partial charge in [-0.15, -0.1) is 0 Å². The van der Waals surface area contributed by atoms with Crippen molar-refractivity contribution in [2.75, 3.05) is 6.54 Å². The first kappa shape index (κ1) is 15.6. The van der Waals surface area contributed by atoms with Crippen molar-refractivity contribution < 1.29 is 23.4 Å². The van der Waals surface area contributed by atoms with Crippen LogP contribution in [0.25, 0.3) is 0 Å². The topological polar surface area (TPSA) is 104 Å². The molecule has 0 saturated heterocycles. The zero-order chi connectivity index (χ0) is 14.5. The maximum atomic E-state index is 11.9. The van der Waals surface area contributed by atoms with Gasteiger partial charge in [-0.25, -0.2) is 17.9 Å². The van der Waals surface area contributed by atoms with E-state index in [1.54, 1.807) is 0 Å². The predicted molar refractivity (Wildman–Crippen MR) is 69.5 cm³/mol. The van der Waals surface area contributed by atoms with Crippen LogP contribution < -0.4 is 4.72 Å². The number of rotatable bonds is 7. The summed E-state index contributed by atoms with van der Waals surface area (Å²) in [5.41, 5.74) is 0.0185. The Morgan fingerprint density at radius 2 is 1.89 bits per heavy atom. The summed E-state index contributed by atoms with van der Waals surface area (Å²) >= 11 is 0. The molecule has 7 heteroatoms. The lowest BCUT2D eigenvalue weighted by atomic mass is 10.2. The maximum absolute atomic E-state index is 11.9. The highest BCUT2D eigenvalue weighted by molar-refractivity contribution is 7.89. The van der Waals surface area contributed by atoms with Crippen LogP contribution in [-0.4, -0.2) is 37.2 Å². The number of carboxylic acids is 1. The Kier molecular flexibility index (Phi) is 5.46. The van der Waals surface area contributed by atoms with Gasteiger partial charge in [0, 0.05) is 6.54 Å². The number of aliphatic hydroxyl groups excluding tert-OH is 1. The number of hydrogen-bond acceptors (Lipinski definition) is 4. The molecule has 0 bridgehead atoms. The van der Waals surface area contributed by atoms with Crippen molar-refractivity contribution in [2.24, 2.45) is 0 Å². The monoisotopic (exact) mass is 287 g/mol. The van der Waals surface area contributed by atoms with Gasteiger partial charge in [-0.3, -0.25) is 0 Å². The summed E-state index contributed by atoms with van der Waals surface area (Å²) in [6.45, 7) is 1.83. The summed E-state index contributed by atoms with van der Waals surface area (Å²) in [5, 5.41) is 18.2. The molecule has 6 nitrogen and oxygen atoms in total. The van der Waals surface area contributed by atoms with Gasteiger partial charge in [-0.2, -0.15) is 0 Å². The van der Waals surface area contributed by atoms with Gasteiger partial charge in [0.25, 0.3) is 0 Å². The predicted octanol–water partition coefficient (Wildman–Crippen LogP) is 0.824. The Morgan fingerprint density at radius 1 is 1.32 bits per heavy atom. The Hall–Kier alpha value is -1.44. The van der Waals surface area contributed by atoms with Crippen LogP contribution in [0.4, 0.5) is 0 Å². The summed E-state index contributed by atoms with van der Waals surface area (Å²) in [6.07, 6.45) is 0.550. The first-order valence-corrected chi connectivity index (χ1v) is 7.36. The van der Waals surface area contributed by atoms with Gasteiger partial charge in [-0.1, -0.05) is 13.3 Å². The number of carbonyl (C=O) groups is 1. The SMILES string of the molecule is CCCC(O)CNS(=O)(=O)c1ccc(C(=O)O)cc1. The molecule has 0 amide bonds. The second kappa shape index (κ2) is 6.65. The number of aliphatic hydroxyl groups is 1. The highest BCUT2D eigenvalue weighted by Crippen LogP contribution is 2.10. The van der Waals surface area contributed by atoms with Gasteiger partial charge in [0.05, 0.1) is 16.6 Å². The number of carboxylic acid groups (broad SMARTS) is 1. The van der Waals surface area contributed by atoms with E-state index in [-0.39, 0.29) is 17.0 Å². The van der Waals surface area contributed by atoms with Crippen LogP contribution in [0, 0.1) is 0 Å². The van der Waals surface area contributed by atoms with Gasteiger partial charge >= 0.3 is 5.97 Å². The van der Waals surface area contributed by atoms with E-state index < -0.39 is 22.1 Å². The average Bonchev–Trinajstić information content (AvgIpc) is 2.37. The highest BCUT2D eigenvalue weighted by atomic mass is 32.2. The van der Waals surface area contributed by atoms with Crippen molar-refractivity contribution in [3.63, 3.8) is 0 Å². The molecule has 0 aliphatic carbocycles. The molecule has 106 valence electrons. The molecule has 1 rings (SSSR count). The number of aromatic carboxylic acids is 1. The van der Waals surface area contributed by atoms with Crippen molar-refractivity contribution in [2.45, 2.75) is 30.8 Å². The van der Waals surface area contributed by atoms with E-state index in [1.165, 1.54) is 24.3 Å². The number of hydrogen-bond donors (Lipinski definition) is 3. The molecule has 0 radical (unpaired) electrons. The van der Waals surface area contributed by atoms with E-state index in [4.69, 9.17) is 5.11 Å². The molecule has 1 aromatic rings. The van der Waals surface area contributed by atoms with E-state index in [0.717, 1.165) is 6.42 Å². The lowest BCUT2D eigenvalue weighted by Gasteiger charge is -2.11. The third-order valence-corrected chi connectivity index (χ3v) is 3.98. The van der Waals surface area contributed by atoms with E-state index in [9.17, 15) is 18.3 Å². The average molecular weight is 287 g/mol. The fourth-order valence-corrected chi connectivity index (χ4v) is 2.57. The molecule has 0 heterocycles. The van der Waals surface area contributed by atoms with Crippen LogP contribution in [0.5, 0.6) is 0 Å². The molecular weight excluding hydrogens is 270 g/mol. The Bertz CT molecular complexity index is 524. The molecule has 1 aromatic carbocycles. The molecular formula is C12H17NO5S. The molecule has 0 fully saturated rings. The lowest BCUT2D eigenvalue weighted by Crippen LogP contribution is -2.32. The van der Waals surface area contributed by atoms with Gasteiger partial charge in [0.2, 0.25) is 10.0 Å². The summed E-state index contributed by atoms with van der Waals surface area (Å²) in [4.78, 5) is 10.6. The van der Waals surface area contributed by atoms with E-state index in [0.29, 0.717) is 6.42 Å². The zero-order valence-corrected chi connectivity index (χ0v) is 11.4. The van der Waals surface area contributed by atoms with Gasteiger partial charge in [0.1, 0.15) is 0 Å². The number of benzene rings is 1. The molecule has 1 atom stereocenters. The highest BCUT2D eigenvalue weighted by Gasteiger charge is 2.16. The van der Waals surface area contributed by atoms with Gasteiger partial charge in [0.15, 0.2) is 0 Å². The van der Waals surface area contributed by atoms with E-state index >= 15 is 0 Å². The third kappa shape index (κ3) is 4.62. The standard InChI is InChI=1S/C12H17NO5S/c1-2-3-10(14)8-13-19(17,18)11-6-4-9(5-7-11)12(15)16/h4-7,10,13-14H,2-3,8H2,1H3,(H,15,16). The molecule has 0 aromatic heterocycles. The molecule has 3 N–H and O–H groups in total. The number of nitrogens with one attached hydrogen (secondary N) is 1. The van der Waals surface area contributed by atoms with Crippen molar-refractivity contribution in [3.05, 3.63) is 29.8 Å². The summed E-state index contributed by atoms with van der Waals surface area (Å²) in [6, 6.07) is 4.88. The van der Waals surface area contributed by atoms with Gasteiger partial charge < -0.3 is 10.2 Å². The van der Waals surface area contributed by atoms with Crippen LogP contribution in [0.15, 0.2) is 29.2 Å². The zero-order valence-electron chi connectivity index (χ0n) is 10.5. The van der Waals surface area contributed by atoms with Crippen LogP contribution in [0.3, 0.4) is 0 Å². The first-order valence-electron chi connectivity index (χ1n) is 5.88.